The van der Waals surface area contributed by atoms with Crippen molar-refractivity contribution in [3.63, 3.8) is 0 Å². The van der Waals surface area contributed by atoms with E-state index < -0.39 is 6.04 Å². The Kier molecular flexibility index (Phi) is 6.92. The van der Waals surface area contributed by atoms with Gasteiger partial charge in [0.15, 0.2) is 0 Å². The number of thioether (sulfide) groups is 1. The number of halogens is 1. The minimum absolute atomic E-state index is 0.286. The molecule has 5 rings (SSSR count). The molecule has 1 atom stereocenters. The molecular weight excluding hydrogens is 496 g/mol. The number of carbonyl (C=O) groups excluding carboxylic acids is 1. The van der Waals surface area contributed by atoms with Crippen LogP contribution in [0.25, 0.3) is 0 Å². The minimum Gasteiger partial charge on any atom is -0.495 e. The Morgan fingerprint density at radius 2 is 1.92 bits per heavy atom. The number of hydrogen-bond acceptors (Lipinski definition) is 7. The summed E-state index contributed by atoms with van der Waals surface area (Å²) < 4.78 is 7.11. The molecule has 2 aromatic heterocycles. The molecule has 0 aliphatic carbocycles. The summed E-state index contributed by atoms with van der Waals surface area (Å²) in [4.78, 5) is 22.8. The maximum absolute atomic E-state index is 13.6. The van der Waals surface area contributed by atoms with Crippen molar-refractivity contribution in [3.05, 3.63) is 100 Å². The van der Waals surface area contributed by atoms with Gasteiger partial charge in [-0.3, -0.25) is 9.78 Å². The lowest BCUT2D eigenvalue weighted by molar-refractivity contribution is -0.113. The maximum Gasteiger partial charge on any atom is 0.256 e. The molecule has 2 N–H and O–H groups in total. The number of methoxy groups -OCH3 is 1. The minimum atomic E-state index is -0.570. The first kappa shape index (κ1) is 23.9. The van der Waals surface area contributed by atoms with E-state index in [1.54, 1.807) is 30.1 Å². The van der Waals surface area contributed by atoms with Crippen LogP contribution in [-0.2, 0) is 10.5 Å². The zero-order valence-electron chi connectivity index (χ0n) is 19.6. The third-order valence-electron chi connectivity index (χ3n) is 5.72. The standard InChI is InChI=1S/C26H23ClN6O2S/c1-16-22(24(34)30-19-11-5-6-13-21(19)35-2)23(20-12-7-8-14-28-20)33-25(29-16)31-26(32-33)36-15-17-9-3-4-10-18(17)27/h3-14,23H,15H2,1-2H3,(H,30,34)(H,29,31,32)/t23-/m1/s1. The average molecular weight is 519 g/mol. The van der Waals surface area contributed by atoms with Crippen molar-refractivity contribution in [2.45, 2.75) is 23.9 Å². The number of carbonyl (C=O) groups is 1. The Morgan fingerprint density at radius 1 is 1.14 bits per heavy atom. The molecule has 0 fully saturated rings. The topological polar surface area (TPSA) is 94.0 Å². The van der Waals surface area contributed by atoms with Crippen LogP contribution in [0.5, 0.6) is 5.75 Å². The molecule has 3 heterocycles. The molecular formula is C26H23ClN6O2S. The molecule has 0 spiro atoms. The van der Waals surface area contributed by atoms with Crippen LogP contribution in [0.4, 0.5) is 11.6 Å². The summed E-state index contributed by atoms with van der Waals surface area (Å²) in [6.07, 6.45) is 1.70. The fourth-order valence-corrected chi connectivity index (χ4v) is 5.11. The van der Waals surface area contributed by atoms with Crippen LogP contribution in [-0.4, -0.2) is 32.8 Å². The molecule has 36 heavy (non-hydrogen) atoms. The van der Waals surface area contributed by atoms with Crippen LogP contribution in [0, 0.1) is 0 Å². The molecule has 1 aliphatic rings. The Morgan fingerprint density at radius 3 is 2.69 bits per heavy atom. The predicted octanol–water partition coefficient (Wildman–Crippen LogP) is 5.56. The first-order valence-corrected chi connectivity index (χ1v) is 12.6. The number of nitrogens with one attached hydrogen (secondary N) is 2. The van der Waals surface area contributed by atoms with Gasteiger partial charge in [0.2, 0.25) is 11.1 Å². The number of hydrogen-bond donors (Lipinski definition) is 2. The first-order chi connectivity index (χ1) is 17.5. The second kappa shape index (κ2) is 10.4. The number of ether oxygens (including phenoxy) is 1. The molecule has 10 heteroatoms. The van der Waals surface area contributed by atoms with E-state index in [1.165, 1.54) is 11.8 Å². The highest BCUT2D eigenvalue weighted by Crippen LogP contribution is 2.37. The molecule has 0 unspecified atom stereocenters. The highest BCUT2D eigenvalue weighted by atomic mass is 35.5. The molecule has 0 saturated heterocycles. The maximum atomic E-state index is 13.6. The van der Waals surface area contributed by atoms with E-state index in [2.05, 4.69) is 20.6 Å². The molecule has 4 aromatic rings. The molecule has 1 aliphatic heterocycles. The number of para-hydroxylation sites is 2. The molecule has 2 aromatic carbocycles. The number of fused-ring (bicyclic) bond motifs is 1. The average Bonchev–Trinajstić information content (AvgIpc) is 3.30. The number of benzene rings is 2. The van der Waals surface area contributed by atoms with Crippen molar-refractivity contribution < 1.29 is 9.53 Å². The number of aromatic nitrogens is 4. The van der Waals surface area contributed by atoms with Crippen LogP contribution in [0.2, 0.25) is 5.02 Å². The van der Waals surface area contributed by atoms with E-state index in [-0.39, 0.29) is 5.91 Å². The number of allylic oxidation sites excluding steroid dienone is 1. The van der Waals surface area contributed by atoms with Gasteiger partial charge in [-0.15, -0.1) is 5.10 Å². The number of nitrogens with zero attached hydrogens (tertiary/aromatic N) is 4. The normalized spacial score (nSPS) is 14.7. The third-order valence-corrected chi connectivity index (χ3v) is 6.97. The zero-order chi connectivity index (χ0) is 25.1. The molecule has 0 saturated carbocycles. The van der Waals surface area contributed by atoms with E-state index in [0.717, 1.165) is 5.56 Å². The van der Waals surface area contributed by atoms with E-state index in [9.17, 15) is 4.79 Å². The van der Waals surface area contributed by atoms with Crippen molar-refractivity contribution in [1.82, 2.24) is 19.7 Å². The predicted molar refractivity (Wildman–Crippen MR) is 141 cm³/mol. The monoisotopic (exact) mass is 518 g/mol. The summed E-state index contributed by atoms with van der Waals surface area (Å²) >= 11 is 7.79. The van der Waals surface area contributed by atoms with Crippen molar-refractivity contribution in [2.75, 3.05) is 17.7 Å². The van der Waals surface area contributed by atoms with E-state index >= 15 is 0 Å². The highest BCUT2D eigenvalue weighted by molar-refractivity contribution is 7.98. The lowest BCUT2D eigenvalue weighted by Gasteiger charge is -2.28. The van der Waals surface area contributed by atoms with Gasteiger partial charge in [0.1, 0.15) is 11.8 Å². The van der Waals surface area contributed by atoms with Gasteiger partial charge in [-0.2, -0.15) is 4.98 Å². The van der Waals surface area contributed by atoms with Gasteiger partial charge in [-0.1, -0.05) is 59.8 Å². The Hall–Kier alpha value is -3.82. The lowest BCUT2D eigenvalue weighted by atomic mass is 9.98. The SMILES string of the molecule is COc1ccccc1NC(=O)C1=C(C)Nc2nc(SCc3ccccc3Cl)nn2[C@@H]1c1ccccn1. The van der Waals surface area contributed by atoms with Crippen LogP contribution in [0.15, 0.2) is 89.4 Å². The fraction of sp³-hybridized carbons (Fsp3) is 0.154. The number of anilines is 2. The summed E-state index contributed by atoms with van der Waals surface area (Å²) in [5.74, 6) is 1.44. The van der Waals surface area contributed by atoms with Gasteiger partial charge in [0, 0.05) is 22.7 Å². The molecule has 182 valence electrons. The van der Waals surface area contributed by atoms with Crippen LogP contribution in [0.3, 0.4) is 0 Å². The Bertz CT molecular complexity index is 1440. The van der Waals surface area contributed by atoms with Gasteiger partial charge < -0.3 is 15.4 Å². The second-order valence-electron chi connectivity index (χ2n) is 8.02. The van der Waals surface area contributed by atoms with Gasteiger partial charge in [-0.25, -0.2) is 4.68 Å². The van der Waals surface area contributed by atoms with E-state index in [0.29, 0.717) is 50.3 Å². The van der Waals surface area contributed by atoms with E-state index in [4.69, 9.17) is 21.4 Å². The second-order valence-corrected chi connectivity index (χ2v) is 9.37. The van der Waals surface area contributed by atoms with E-state index in [1.807, 2.05) is 61.5 Å². The van der Waals surface area contributed by atoms with Crippen molar-refractivity contribution >= 4 is 40.9 Å². The largest absolute Gasteiger partial charge is 0.495 e. The summed E-state index contributed by atoms with van der Waals surface area (Å²) in [7, 11) is 1.57. The zero-order valence-corrected chi connectivity index (χ0v) is 21.2. The van der Waals surface area contributed by atoms with Gasteiger partial charge in [-0.05, 0) is 42.8 Å². The number of pyridine rings is 1. The van der Waals surface area contributed by atoms with Crippen LogP contribution in [0.1, 0.15) is 24.2 Å². The first-order valence-electron chi connectivity index (χ1n) is 11.2. The number of rotatable bonds is 7. The molecule has 0 bridgehead atoms. The quantitative estimate of drug-likeness (QED) is 0.309. The third kappa shape index (κ3) is 4.80. The number of amides is 1. The van der Waals surface area contributed by atoms with Crippen LogP contribution >= 0.6 is 23.4 Å². The summed E-state index contributed by atoms with van der Waals surface area (Å²) in [6, 6.07) is 20.0. The Labute approximate surface area is 217 Å². The van der Waals surface area contributed by atoms with Crippen molar-refractivity contribution in [2.24, 2.45) is 0 Å². The van der Waals surface area contributed by atoms with Gasteiger partial charge in [0.05, 0.1) is 24.1 Å². The highest BCUT2D eigenvalue weighted by Gasteiger charge is 2.35. The Balaban J connectivity index is 1.48. The van der Waals surface area contributed by atoms with Gasteiger partial charge in [0.25, 0.3) is 5.91 Å². The van der Waals surface area contributed by atoms with Crippen molar-refractivity contribution in [1.29, 1.82) is 0 Å². The molecule has 0 radical (unpaired) electrons. The molecule has 1 amide bonds. The summed E-state index contributed by atoms with van der Waals surface area (Å²) in [6.45, 7) is 1.85. The molecule has 8 nitrogen and oxygen atoms in total. The fourth-order valence-electron chi connectivity index (χ4n) is 3.99. The summed E-state index contributed by atoms with van der Waals surface area (Å²) in [5.41, 5.74) is 3.40. The van der Waals surface area contributed by atoms with Gasteiger partial charge >= 0.3 is 0 Å². The van der Waals surface area contributed by atoms with Crippen LogP contribution < -0.4 is 15.4 Å². The van der Waals surface area contributed by atoms with Crippen molar-refractivity contribution in [3.8, 4) is 5.75 Å². The summed E-state index contributed by atoms with van der Waals surface area (Å²) in [5, 5.41) is 12.2. The smallest absolute Gasteiger partial charge is 0.256 e. The lowest BCUT2D eigenvalue weighted by Crippen LogP contribution is -2.32.